The average Bonchev–Trinajstić information content (AvgIpc) is 2.95. The Balaban J connectivity index is 1.51. The summed E-state index contributed by atoms with van der Waals surface area (Å²) >= 11 is 5.78. The predicted octanol–water partition coefficient (Wildman–Crippen LogP) is 5.05. The molecular formula is C32H24ClNO7. The van der Waals surface area contributed by atoms with Gasteiger partial charge >= 0.3 is 5.97 Å². The SMILES string of the molecule is O=C(Cc1ccc(-c2c3ccc(=O)cc-3oc3cc(O)ccc23)c(C(=O)O)c1)NC(Cc1ccccc1)C(=O)CCl. The van der Waals surface area contributed by atoms with E-state index in [1.807, 2.05) is 30.3 Å². The first kappa shape index (κ1) is 27.6. The number of rotatable bonds is 9. The van der Waals surface area contributed by atoms with Crippen LogP contribution in [-0.4, -0.2) is 39.8 Å². The molecule has 0 bridgehead atoms. The molecule has 0 spiro atoms. The van der Waals surface area contributed by atoms with Crippen LogP contribution in [0.1, 0.15) is 21.5 Å². The van der Waals surface area contributed by atoms with Crippen molar-refractivity contribution in [2.45, 2.75) is 18.9 Å². The number of benzene rings is 4. The van der Waals surface area contributed by atoms with Crippen LogP contribution in [0.15, 0.2) is 94.1 Å². The molecule has 1 heterocycles. The molecule has 3 aromatic rings. The Bertz CT molecular complexity index is 1810. The largest absolute Gasteiger partial charge is 0.508 e. The number of phenolic OH excluding ortho intramolecular Hbond substituents is 1. The lowest BCUT2D eigenvalue weighted by Crippen LogP contribution is -2.43. The molecule has 1 aliphatic carbocycles. The number of hydrogen-bond acceptors (Lipinski definition) is 6. The molecule has 0 saturated carbocycles. The van der Waals surface area contributed by atoms with Crippen LogP contribution in [0.4, 0.5) is 0 Å². The molecule has 0 aromatic heterocycles. The van der Waals surface area contributed by atoms with Crippen LogP contribution in [0.25, 0.3) is 33.4 Å². The molecule has 2 aliphatic rings. The maximum atomic E-state index is 13.0. The first-order valence-corrected chi connectivity index (χ1v) is 13.2. The monoisotopic (exact) mass is 569 g/mol. The summed E-state index contributed by atoms with van der Waals surface area (Å²) in [5.41, 5.74) is 2.56. The lowest BCUT2D eigenvalue weighted by Gasteiger charge is -2.18. The number of ketones is 1. The normalized spacial score (nSPS) is 11.8. The summed E-state index contributed by atoms with van der Waals surface area (Å²) in [5, 5.41) is 23.4. The third-order valence-electron chi connectivity index (χ3n) is 6.76. The van der Waals surface area contributed by atoms with Crippen molar-refractivity contribution in [2.24, 2.45) is 0 Å². The summed E-state index contributed by atoms with van der Waals surface area (Å²) in [7, 11) is 0. The Kier molecular flexibility index (Phi) is 7.85. The van der Waals surface area contributed by atoms with E-state index >= 15 is 0 Å². The lowest BCUT2D eigenvalue weighted by molar-refractivity contribution is -0.126. The number of phenols is 1. The van der Waals surface area contributed by atoms with Gasteiger partial charge in [-0.3, -0.25) is 14.4 Å². The number of alkyl halides is 1. The van der Waals surface area contributed by atoms with Crippen LogP contribution >= 0.6 is 11.6 Å². The second kappa shape index (κ2) is 11.7. The molecule has 9 heteroatoms. The topological polar surface area (TPSA) is 134 Å². The third kappa shape index (κ3) is 5.97. The predicted molar refractivity (Wildman–Crippen MR) is 155 cm³/mol. The summed E-state index contributed by atoms with van der Waals surface area (Å²) in [5.74, 6) is -2.08. The van der Waals surface area contributed by atoms with Gasteiger partial charge < -0.3 is 19.9 Å². The fraction of sp³-hybridized carbons (Fsp3) is 0.125. The van der Waals surface area contributed by atoms with Crippen LogP contribution in [-0.2, 0) is 22.4 Å². The Morgan fingerprint density at radius 1 is 0.878 bits per heavy atom. The quantitative estimate of drug-likeness (QED) is 0.167. The summed E-state index contributed by atoms with van der Waals surface area (Å²) < 4.78 is 5.86. The van der Waals surface area contributed by atoms with Gasteiger partial charge in [0.2, 0.25) is 5.91 Å². The van der Waals surface area contributed by atoms with Gasteiger partial charge in [0, 0.05) is 28.6 Å². The molecule has 0 fully saturated rings. The number of nitrogens with one attached hydrogen (secondary N) is 1. The van der Waals surface area contributed by atoms with Gasteiger partial charge in [-0.2, -0.15) is 0 Å². The first-order valence-electron chi connectivity index (χ1n) is 12.7. The van der Waals surface area contributed by atoms with Crippen molar-refractivity contribution in [3.05, 3.63) is 112 Å². The Morgan fingerprint density at radius 3 is 2.37 bits per heavy atom. The minimum absolute atomic E-state index is 0.0529. The van der Waals surface area contributed by atoms with Crippen molar-refractivity contribution in [1.82, 2.24) is 5.32 Å². The molecule has 3 N–H and O–H groups in total. The highest BCUT2D eigenvalue weighted by atomic mass is 35.5. The standard InChI is InChI=1S/C32H24ClNO7/c33-17-27(37)26(13-18-4-2-1-3-5-18)34-30(38)14-19-6-9-22(25(12-19)32(39)40)31-23-10-7-20(35)15-28(23)41-29-16-21(36)8-11-24(29)31/h1-12,15-16,26,35H,13-14,17H2,(H,34,38)(H,39,40). The number of carbonyl (C=O) groups is 3. The van der Waals surface area contributed by atoms with Crippen LogP contribution in [0.3, 0.4) is 0 Å². The summed E-state index contributed by atoms with van der Waals surface area (Å²) in [4.78, 5) is 49.9. The minimum Gasteiger partial charge on any atom is -0.508 e. The maximum absolute atomic E-state index is 13.0. The van der Waals surface area contributed by atoms with Crippen LogP contribution in [0, 0.1) is 0 Å². The summed E-state index contributed by atoms with van der Waals surface area (Å²) in [6.45, 7) is 0. The van der Waals surface area contributed by atoms with Gasteiger partial charge in [0.25, 0.3) is 0 Å². The molecule has 0 radical (unpaired) electrons. The van der Waals surface area contributed by atoms with Gasteiger partial charge in [-0.15, -0.1) is 11.6 Å². The van der Waals surface area contributed by atoms with E-state index in [-0.39, 0.29) is 52.6 Å². The molecule has 1 unspecified atom stereocenters. The molecular weight excluding hydrogens is 546 g/mol. The zero-order valence-electron chi connectivity index (χ0n) is 21.6. The number of hydrogen-bond donors (Lipinski definition) is 3. The number of aromatic hydroxyl groups is 1. The van der Waals surface area contributed by atoms with Crippen LogP contribution in [0.5, 0.6) is 5.75 Å². The number of Topliss-reactive ketones (excluding diaryl/α,β-unsaturated/α-hetero) is 1. The maximum Gasteiger partial charge on any atom is 0.336 e. The highest BCUT2D eigenvalue weighted by molar-refractivity contribution is 6.28. The van der Waals surface area contributed by atoms with Gasteiger partial charge in [0.05, 0.1) is 23.9 Å². The van der Waals surface area contributed by atoms with E-state index in [1.54, 1.807) is 24.3 Å². The molecule has 1 amide bonds. The summed E-state index contributed by atoms with van der Waals surface area (Å²) in [6.07, 6.45) is 0.109. The van der Waals surface area contributed by atoms with Crippen molar-refractivity contribution in [3.63, 3.8) is 0 Å². The first-order chi connectivity index (χ1) is 19.7. The molecule has 206 valence electrons. The Hall–Kier alpha value is -4.95. The second-order valence-electron chi connectivity index (χ2n) is 9.59. The zero-order valence-corrected chi connectivity index (χ0v) is 22.4. The fourth-order valence-corrected chi connectivity index (χ4v) is 5.05. The van der Waals surface area contributed by atoms with Gasteiger partial charge in [0.15, 0.2) is 11.2 Å². The van der Waals surface area contributed by atoms with Crippen molar-refractivity contribution in [1.29, 1.82) is 0 Å². The van der Waals surface area contributed by atoms with Crippen molar-refractivity contribution in [3.8, 4) is 28.2 Å². The smallest absolute Gasteiger partial charge is 0.336 e. The molecule has 1 aliphatic heterocycles. The van der Waals surface area contributed by atoms with E-state index in [9.17, 15) is 29.4 Å². The molecule has 41 heavy (non-hydrogen) atoms. The second-order valence-corrected chi connectivity index (χ2v) is 9.85. The molecule has 0 saturated heterocycles. The van der Waals surface area contributed by atoms with Crippen LogP contribution in [0.2, 0.25) is 0 Å². The van der Waals surface area contributed by atoms with E-state index in [0.717, 1.165) is 5.56 Å². The van der Waals surface area contributed by atoms with E-state index in [1.165, 1.54) is 30.3 Å². The average molecular weight is 570 g/mol. The molecule has 8 nitrogen and oxygen atoms in total. The van der Waals surface area contributed by atoms with Crippen molar-refractivity contribution >= 4 is 40.2 Å². The van der Waals surface area contributed by atoms with Crippen molar-refractivity contribution in [2.75, 3.05) is 5.88 Å². The number of halogens is 1. The number of carboxylic acids is 1. The summed E-state index contributed by atoms with van der Waals surface area (Å²) in [6, 6.07) is 21.7. The van der Waals surface area contributed by atoms with E-state index in [4.69, 9.17) is 16.0 Å². The number of carboxylic acid groups (broad SMARTS) is 1. The van der Waals surface area contributed by atoms with Gasteiger partial charge in [-0.25, -0.2) is 4.79 Å². The molecule has 5 rings (SSSR count). The number of aromatic carboxylic acids is 1. The van der Waals surface area contributed by atoms with E-state index < -0.39 is 17.9 Å². The fourth-order valence-electron chi connectivity index (χ4n) is 4.86. The third-order valence-corrected chi connectivity index (χ3v) is 7.03. The Labute approximate surface area is 239 Å². The number of amides is 1. The highest BCUT2D eigenvalue weighted by Crippen LogP contribution is 2.42. The van der Waals surface area contributed by atoms with Gasteiger partial charge in [-0.05, 0) is 53.4 Å². The lowest BCUT2D eigenvalue weighted by atomic mass is 9.89. The number of carbonyl (C=O) groups excluding carboxylic acids is 2. The molecule has 1 atom stereocenters. The highest BCUT2D eigenvalue weighted by Gasteiger charge is 2.24. The molecule has 3 aromatic carbocycles. The van der Waals surface area contributed by atoms with Gasteiger partial charge in [-0.1, -0.05) is 42.5 Å². The number of fused-ring (bicyclic) bond motifs is 2. The van der Waals surface area contributed by atoms with Gasteiger partial charge in [0.1, 0.15) is 17.1 Å². The Morgan fingerprint density at radius 2 is 1.63 bits per heavy atom. The van der Waals surface area contributed by atoms with E-state index in [2.05, 4.69) is 5.32 Å². The van der Waals surface area contributed by atoms with E-state index in [0.29, 0.717) is 27.6 Å². The van der Waals surface area contributed by atoms with Crippen molar-refractivity contribution < 1.29 is 29.0 Å². The van der Waals surface area contributed by atoms with Crippen LogP contribution < -0.4 is 10.7 Å². The minimum atomic E-state index is -1.22. The zero-order chi connectivity index (χ0) is 29.1.